The zero-order valence-electron chi connectivity index (χ0n) is 9.77. The number of ether oxygens (including phenoxy) is 1. The summed E-state index contributed by atoms with van der Waals surface area (Å²) in [7, 11) is 0. The lowest BCUT2D eigenvalue weighted by Crippen LogP contribution is -2.50. The highest BCUT2D eigenvalue weighted by atomic mass is 32.1. The summed E-state index contributed by atoms with van der Waals surface area (Å²) in [5.74, 6) is 0.855. The fourth-order valence-corrected chi connectivity index (χ4v) is 2.56. The molecule has 0 aromatic carbocycles. The zero-order chi connectivity index (χ0) is 11.4. The Kier molecular flexibility index (Phi) is 4.09. The van der Waals surface area contributed by atoms with Crippen LogP contribution in [0.2, 0.25) is 0 Å². The lowest BCUT2D eigenvalue weighted by atomic mass is 10.2. The molecule has 0 spiro atoms. The first-order valence-corrected chi connectivity index (χ1v) is 6.44. The first kappa shape index (κ1) is 11.8. The first-order chi connectivity index (χ1) is 7.81. The molecule has 0 bridgehead atoms. The van der Waals surface area contributed by atoms with E-state index in [9.17, 15) is 0 Å². The van der Waals surface area contributed by atoms with Crippen molar-refractivity contribution >= 4 is 16.7 Å². The van der Waals surface area contributed by atoms with Crippen molar-refractivity contribution in [1.29, 1.82) is 0 Å². The number of morpholine rings is 1. The monoisotopic (exact) mass is 242 g/mol. The smallest absolute Gasteiger partial charge is 0.205 e. The predicted molar refractivity (Wildman–Crippen MR) is 65.1 cm³/mol. The molecule has 1 fully saturated rings. The van der Waals surface area contributed by atoms with E-state index in [1.54, 1.807) is 0 Å². The Balaban J connectivity index is 2.04. The van der Waals surface area contributed by atoms with Gasteiger partial charge in [0.2, 0.25) is 5.13 Å². The summed E-state index contributed by atoms with van der Waals surface area (Å²) in [5, 5.41) is 4.38. The van der Waals surface area contributed by atoms with Gasteiger partial charge in [-0.3, -0.25) is 0 Å². The first-order valence-electron chi connectivity index (χ1n) is 5.66. The van der Waals surface area contributed by atoms with Crippen LogP contribution in [0, 0.1) is 6.92 Å². The van der Waals surface area contributed by atoms with E-state index in [-0.39, 0.29) is 0 Å². The molecule has 1 saturated heterocycles. The molecule has 1 aliphatic rings. The minimum absolute atomic E-state index is 0.376. The van der Waals surface area contributed by atoms with Crippen LogP contribution in [-0.2, 0) is 4.74 Å². The summed E-state index contributed by atoms with van der Waals surface area (Å²) in [6.45, 7) is 8.43. The van der Waals surface area contributed by atoms with Crippen LogP contribution in [0.3, 0.4) is 0 Å². The predicted octanol–water partition coefficient (Wildman–Crippen LogP) is 0.661. The maximum absolute atomic E-state index is 5.51. The van der Waals surface area contributed by atoms with Crippen LogP contribution in [0.4, 0.5) is 5.13 Å². The van der Waals surface area contributed by atoms with Crippen LogP contribution in [0.15, 0.2) is 0 Å². The highest BCUT2D eigenvalue weighted by Crippen LogP contribution is 2.21. The van der Waals surface area contributed by atoms with E-state index in [1.165, 1.54) is 11.5 Å². The SMILES string of the molecule is CCNCC1COCCN1c1nc(C)ns1. The molecule has 0 amide bonds. The van der Waals surface area contributed by atoms with Gasteiger partial charge in [-0.05, 0) is 13.5 Å². The Labute approximate surface area is 100.0 Å². The van der Waals surface area contributed by atoms with Crippen LogP contribution in [0.5, 0.6) is 0 Å². The molecule has 90 valence electrons. The van der Waals surface area contributed by atoms with E-state index >= 15 is 0 Å². The van der Waals surface area contributed by atoms with Crippen LogP contribution in [0.1, 0.15) is 12.7 Å². The summed E-state index contributed by atoms with van der Waals surface area (Å²) in [6.07, 6.45) is 0. The molecule has 0 aliphatic carbocycles. The minimum Gasteiger partial charge on any atom is -0.377 e. The van der Waals surface area contributed by atoms with Gasteiger partial charge < -0.3 is 15.0 Å². The van der Waals surface area contributed by atoms with Crippen molar-refractivity contribution in [2.45, 2.75) is 19.9 Å². The number of aromatic nitrogens is 2. The third kappa shape index (κ3) is 2.69. The maximum Gasteiger partial charge on any atom is 0.205 e. The Morgan fingerprint density at radius 2 is 2.50 bits per heavy atom. The Morgan fingerprint density at radius 3 is 3.19 bits per heavy atom. The number of likely N-dealkylation sites (N-methyl/N-ethyl adjacent to an activating group) is 1. The summed E-state index contributed by atoms with van der Waals surface area (Å²) < 4.78 is 9.75. The Bertz CT molecular complexity index is 330. The minimum atomic E-state index is 0.376. The van der Waals surface area contributed by atoms with Gasteiger partial charge in [0, 0.05) is 24.6 Å². The number of hydrogen-bond donors (Lipinski definition) is 1. The molecule has 1 aliphatic heterocycles. The Hall–Kier alpha value is -0.720. The van der Waals surface area contributed by atoms with Crippen molar-refractivity contribution in [3.8, 4) is 0 Å². The van der Waals surface area contributed by atoms with Gasteiger partial charge in [-0.1, -0.05) is 6.92 Å². The van der Waals surface area contributed by atoms with Crippen LogP contribution in [0.25, 0.3) is 0 Å². The fraction of sp³-hybridized carbons (Fsp3) is 0.800. The molecule has 0 radical (unpaired) electrons. The molecule has 0 saturated carbocycles. The highest BCUT2D eigenvalue weighted by Gasteiger charge is 2.25. The topological polar surface area (TPSA) is 50.3 Å². The largest absolute Gasteiger partial charge is 0.377 e. The van der Waals surface area contributed by atoms with E-state index in [0.29, 0.717) is 6.04 Å². The van der Waals surface area contributed by atoms with Gasteiger partial charge in [0.1, 0.15) is 5.82 Å². The van der Waals surface area contributed by atoms with Gasteiger partial charge in [-0.25, -0.2) is 4.98 Å². The average Bonchev–Trinajstić information content (AvgIpc) is 2.73. The molecule has 5 nitrogen and oxygen atoms in total. The fourth-order valence-electron chi connectivity index (χ4n) is 1.79. The third-order valence-corrected chi connectivity index (χ3v) is 3.46. The molecule has 1 aromatic heterocycles. The number of nitrogens with zero attached hydrogens (tertiary/aromatic N) is 3. The van der Waals surface area contributed by atoms with E-state index in [2.05, 4.69) is 26.5 Å². The van der Waals surface area contributed by atoms with Gasteiger partial charge in [0.15, 0.2) is 0 Å². The molecule has 6 heteroatoms. The number of aryl methyl sites for hydroxylation is 1. The van der Waals surface area contributed by atoms with Crippen molar-refractivity contribution in [3.63, 3.8) is 0 Å². The van der Waals surface area contributed by atoms with E-state index in [4.69, 9.17) is 4.74 Å². The lowest BCUT2D eigenvalue weighted by molar-refractivity contribution is 0.0939. The van der Waals surface area contributed by atoms with Crippen molar-refractivity contribution < 1.29 is 4.74 Å². The van der Waals surface area contributed by atoms with Crippen LogP contribution in [-0.4, -0.2) is 48.2 Å². The standard InChI is InChI=1S/C10H18N4OS/c1-3-11-6-9-7-15-5-4-14(9)10-12-8(2)13-16-10/h9,11H,3-7H2,1-2H3. The molecular formula is C10H18N4OS. The molecule has 1 unspecified atom stereocenters. The van der Waals surface area contributed by atoms with Crippen molar-refractivity contribution in [1.82, 2.24) is 14.7 Å². The molecule has 1 aromatic rings. The van der Waals surface area contributed by atoms with Gasteiger partial charge in [0.25, 0.3) is 0 Å². The van der Waals surface area contributed by atoms with Crippen molar-refractivity contribution in [3.05, 3.63) is 5.82 Å². The van der Waals surface area contributed by atoms with E-state index in [0.717, 1.165) is 43.8 Å². The van der Waals surface area contributed by atoms with Crippen LogP contribution < -0.4 is 10.2 Å². The number of anilines is 1. The summed E-state index contributed by atoms with van der Waals surface area (Å²) in [6, 6.07) is 0.376. The average molecular weight is 242 g/mol. The normalized spacial score (nSPS) is 21.4. The second-order valence-corrected chi connectivity index (χ2v) is 4.58. The third-order valence-electron chi connectivity index (χ3n) is 2.62. The number of nitrogens with one attached hydrogen (secondary N) is 1. The lowest BCUT2D eigenvalue weighted by Gasteiger charge is -2.35. The molecule has 1 atom stereocenters. The summed E-state index contributed by atoms with van der Waals surface area (Å²) in [5.41, 5.74) is 0. The number of rotatable bonds is 4. The molecule has 1 N–H and O–H groups in total. The van der Waals surface area contributed by atoms with Gasteiger partial charge >= 0.3 is 0 Å². The molecule has 2 heterocycles. The van der Waals surface area contributed by atoms with Gasteiger partial charge in [-0.2, -0.15) is 4.37 Å². The van der Waals surface area contributed by atoms with Crippen LogP contribution >= 0.6 is 11.5 Å². The number of hydrogen-bond acceptors (Lipinski definition) is 6. The summed E-state index contributed by atoms with van der Waals surface area (Å²) in [4.78, 5) is 6.75. The zero-order valence-corrected chi connectivity index (χ0v) is 10.6. The molecule has 2 rings (SSSR count). The van der Waals surface area contributed by atoms with Crippen molar-refractivity contribution in [2.24, 2.45) is 0 Å². The molecule has 16 heavy (non-hydrogen) atoms. The maximum atomic E-state index is 5.51. The van der Waals surface area contributed by atoms with E-state index in [1.807, 2.05) is 6.92 Å². The summed E-state index contributed by atoms with van der Waals surface area (Å²) >= 11 is 1.47. The van der Waals surface area contributed by atoms with Crippen molar-refractivity contribution in [2.75, 3.05) is 37.7 Å². The Morgan fingerprint density at radius 1 is 1.62 bits per heavy atom. The molecular weight excluding hydrogens is 224 g/mol. The van der Waals surface area contributed by atoms with E-state index < -0.39 is 0 Å². The quantitative estimate of drug-likeness (QED) is 0.840. The second-order valence-electron chi connectivity index (χ2n) is 3.85. The van der Waals surface area contributed by atoms with Gasteiger partial charge in [-0.15, -0.1) is 0 Å². The highest BCUT2D eigenvalue weighted by molar-refractivity contribution is 7.09. The van der Waals surface area contributed by atoms with Gasteiger partial charge in [0.05, 0.1) is 19.3 Å². The second kappa shape index (κ2) is 5.56.